The highest BCUT2D eigenvalue weighted by atomic mass is 32.2. The van der Waals surface area contributed by atoms with Gasteiger partial charge in [-0.3, -0.25) is 9.59 Å². The number of ether oxygens (including phenoxy) is 1. The Hall–Kier alpha value is -1.27. The highest BCUT2D eigenvalue weighted by Crippen LogP contribution is 2.20. The van der Waals surface area contributed by atoms with Gasteiger partial charge in [-0.2, -0.15) is 0 Å². The van der Waals surface area contributed by atoms with Crippen LogP contribution in [0, 0.1) is 6.92 Å². The first-order chi connectivity index (χ1) is 9.41. The van der Waals surface area contributed by atoms with E-state index in [0.29, 0.717) is 11.3 Å². The standard InChI is InChI=1S/C14H16O4S2/c1-9-12(7-19-10(2)15)5-4-6-13(9)14(17)18-8-20-11(3)16/h4-6H,7-8H2,1-3H3. The fraction of sp³-hybridized carbons (Fsp3) is 0.357. The summed E-state index contributed by atoms with van der Waals surface area (Å²) in [4.78, 5) is 33.7. The molecule has 0 aliphatic rings. The van der Waals surface area contributed by atoms with Crippen LogP contribution in [-0.2, 0) is 20.1 Å². The second-order valence-corrected chi connectivity index (χ2v) is 6.31. The smallest absolute Gasteiger partial charge is 0.339 e. The lowest BCUT2D eigenvalue weighted by Gasteiger charge is -2.10. The quantitative estimate of drug-likeness (QED) is 0.615. The van der Waals surface area contributed by atoms with Gasteiger partial charge in [0.1, 0.15) is 5.94 Å². The lowest BCUT2D eigenvalue weighted by molar-refractivity contribution is -0.110. The number of rotatable bonds is 5. The van der Waals surface area contributed by atoms with Gasteiger partial charge in [0.25, 0.3) is 0 Å². The molecule has 0 aliphatic carbocycles. The minimum Gasteiger partial charge on any atom is -0.451 e. The van der Waals surface area contributed by atoms with E-state index in [4.69, 9.17) is 4.74 Å². The predicted molar refractivity (Wildman–Crippen MR) is 81.7 cm³/mol. The molecule has 0 saturated heterocycles. The van der Waals surface area contributed by atoms with E-state index in [2.05, 4.69) is 0 Å². The first-order valence-electron chi connectivity index (χ1n) is 5.94. The summed E-state index contributed by atoms with van der Waals surface area (Å²) in [5.74, 6) is 0.0933. The fourth-order valence-corrected chi connectivity index (χ4v) is 2.49. The maximum absolute atomic E-state index is 11.9. The van der Waals surface area contributed by atoms with Crippen LogP contribution in [0.3, 0.4) is 0 Å². The van der Waals surface area contributed by atoms with E-state index in [1.165, 1.54) is 25.6 Å². The zero-order valence-electron chi connectivity index (χ0n) is 11.6. The van der Waals surface area contributed by atoms with Crippen molar-refractivity contribution in [2.24, 2.45) is 0 Å². The van der Waals surface area contributed by atoms with Gasteiger partial charge in [-0.05, 0) is 35.9 Å². The zero-order valence-corrected chi connectivity index (χ0v) is 13.2. The Labute approximate surface area is 126 Å². The summed E-state index contributed by atoms with van der Waals surface area (Å²) in [6.07, 6.45) is 0. The molecule has 1 rings (SSSR count). The molecule has 1 aromatic carbocycles. The van der Waals surface area contributed by atoms with Crippen molar-refractivity contribution in [2.75, 3.05) is 5.94 Å². The topological polar surface area (TPSA) is 60.4 Å². The van der Waals surface area contributed by atoms with Crippen LogP contribution in [0.2, 0.25) is 0 Å². The molecule has 0 saturated carbocycles. The van der Waals surface area contributed by atoms with Gasteiger partial charge in [0, 0.05) is 19.6 Å². The third kappa shape index (κ3) is 5.38. The summed E-state index contributed by atoms with van der Waals surface area (Å²) in [5.41, 5.74) is 2.20. The maximum Gasteiger partial charge on any atom is 0.339 e. The van der Waals surface area contributed by atoms with Gasteiger partial charge in [-0.25, -0.2) is 4.79 Å². The van der Waals surface area contributed by atoms with Crippen LogP contribution >= 0.6 is 23.5 Å². The minimum absolute atomic E-state index is 0.0139. The van der Waals surface area contributed by atoms with Crippen LogP contribution < -0.4 is 0 Å². The van der Waals surface area contributed by atoms with Crippen LogP contribution in [0.5, 0.6) is 0 Å². The summed E-state index contributed by atoms with van der Waals surface area (Å²) in [6, 6.07) is 5.32. The Balaban J connectivity index is 2.74. The Morgan fingerprint density at radius 3 is 2.35 bits per heavy atom. The van der Waals surface area contributed by atoms with E-state index in [1.807, 2.05) is 13.0 Å². The van der Waals surface area contributed by atoms with Crippen LogP contribution in [0.1, 0.15) is 35.3 Å². The Morgan fingerprint density at radius 1 is 1.10 bits per heavy atom. The normalized spacial score (nSPS) is 10.2. The summed E-state index contributed by atoms with van der Waals surface area (Å²) in [7, 11) is 0. The number of hydrogen-bond acceptors (Lipinski definition) is 6. The molecule has 20 heavy (non-hydrogen) atoms. The third-order valence-corrected chi connectivity index (χ3v) is 4.05. The van der Waals surface area contributed by atoms with E-state index < -0.39 is 5.97 Å². The van der Waals surface area contributed by atoms with Crippen molar-refractivity contribution >= 4 is 39.7 Å². The summed E-state index contributed by atoms with van der Waals surface area (Å²) >= 11 is 2.15. The van der Waals surface area contributed by atoms with Gasteiger partial charge in [-0.1, -0.05) is 23.9 Å². The van der Waals surface area contributed by atoms with Crippen LogP contribution in [0.4, 0.5) is 0 Å². The van der Waals surface area contributed by atoms with Gasteiger partial charge in [0.05, 0.1) is 5.56 Å². The number of esters is 1. The molecule has 0 heterocycles. The lowest BCUT2D eigenvalue weighted by atomic mass is 10.0. The van der Waals surface area contributed by atoms with Crippen molar-refractivity contribution in [1.29, 1.82) is 0 Å². The number of thioether (sulfide) groups is 2. The highest BCUT2D eigenvalue weighted by Gasteiger charge is 2.13. The number of hydrogen-bond donors (Lipinski definition) is 0. The molecule has 0 spiro atoms. The molecule has 4 nitrogen and oxygen atoms in total. The van der Waals surface area contributed by atoms with Crippen LogP contribution in [-0.4, -0.2) is 22.1 Å². The Bertz CT molecular complexity index is 526. The van der Waals surface area contributed by atoms with Crippen molar-refractivity contribution in [3.63, 3.8) is 0 Å². The second kappa shape index (κ2) is 8.11. The van der Waals surface area contributed by atoms with Crippen LogP contribution in [0.25, 0.3) is 0 Å². The van der Waals surface area contributed by atoms with Crippen molar-refractivity contribution in [2.45, 2.75) is 26.5 Å². The first-order valence-corrected chi connectivity index (χ1v) is 7.91. The SMILES string of the molecule is CC(=O)SCOC(=O)c1cccc(CSC(C)=O)c1C. The zero-order chi connectivity index (χ0) is 15.1. The van der Waals surface area contributed by atoms with E-state index in [9.17, 15) is 14.4 Å². The highest BCUT2D eigenvalue weighted by molar-refractivity contribution is 8.13. The average Bonchev–Trinajstić information content (AvgIpc) is 2.36. The van der Waals surface area contributed by atoms with Gasteiger partial charge in [0.2, 0.25) is 0 Å². The van der Waals surface area contributed by atoms with E-state index in [1.54, 1.807) is 12.1 Å². The number of benzene rings is 1. The summed E-state index contributed by atoms with van der Waals surface area (Å²) in [6.45, 7) is 4.76. The average molecular weight is 312 g/mol. The van der Waals surface area contributed by atoms with Crippen LogP contribution in [0.15, 0.2) is 18.2 Å². The number of carbonyl (C=O) groups excluding carboxylic acids is 3. The Kier molecular flexibility index (Phi) is 6.81. The Morgan fingerprint density at radius 2 is 1.75 bits per heavy atom. The number of carbonyl (C=O) groups is 3. The molecule has 0 N–H and O–H groups in total. The molecule has 0 amide bonds. The van der Waals surface area contributed by atoms with Gasteiger partial charge >= 0.3 is 5.97 Å². The predicted octanol–water partition coefficient (Wildman–Crippen LogP) is 3.17. The minimum atomic E-state index is -0.453. The first kappa shape index (κ1) is 16.8. The van der Waals surface area contributed by atoms with Crippen molar-refractivity contribution in [1.82, 2.24) is 0 Å². The molecular weight excluding hydrogens is 296 g/mol. The van der Waals surface area contributed by atoms with Crippen molar-refractivity contribution in [3.05, 3.63) is 34.9 Å². The van der Waals surface area contributed by atoms with E-state index >= 15 is 0 Å². The summed E-state index contributed by atoms with van der Waals surface area (Å²) in [5, 5.41) is -0.0589. The summed E-state index contributed by atoms with van der Waals surface area (Å²) < 4.78 is 5.03. The van der Waals surface area contributed by atoms with Crippen molar-refractivity contribution in [3.8, 4) is 0 Å². The van der Waals surface area contributed by atoms with Crippen molar-refractivity contribution < 1.29 is 19.1 Å². The second-order valence-electron chi connectivity index (χ2n) is 4.06. The van der Waals surface area contributed by atoms with E-state index in [-0.39, 0.29) is 16.2 Å². The lowest BCUT2D eigenvalue weighted by Crippen LogP contribution is -2.08. The molecular formula is C14H16O4S2. The van der Waals surface area contributed by atoms with E-state index in [0.717, 1.165) is 22.9 Å². The third-order valence-electron chi connectivity index (χ3n) is 2.55. The van der Waals surface area contributed by atoms with Gasteiger partial charge in [-0.15, -0.1) is 0 Å². The molecule has 0 atom stereocenters. The largest absolute Gasteiger partial charge is 0.451 e. The fourth-order valence-electron chi connectivity index (χ4n) is 1.48. The van der Waals surface area contributed by atoms with Gasteiger partial charge < -0.3 is 4.74 Å². The molecule has 0 aliphatic heterocycles. The molecule has 0 bridgehead atoms. The molecule has 0 radical (unpaired) electrons. The molecule has 0 aromatic heterocycles. The van der Waals surface area contributed by atoms with Gasteiger partial charge in [0.15, 0.2) is 10.2 Å². The molecule has 6 heteroatoms. The molecule has 0 unspecified atom stereocenters. The maximum atomic E-state index is 11.9. The molecule has 0 fully saturated rings. The monoisotopic (exact) mass is 312 g/mol. The molecule has 1 aromatic rings. The molecule has 108 valence electrons.